The molecule has 5 rings (SSSR count). The van der Waals surface area contributed by atoms with Crippen LogP contribution in [0.25, 0.3) is 21.9 Å². The summed E-state index contributed by atoms with van der Waals surface area (Å²) in [6.07, 6.45) is 6.58. The molecule has 0 spiro atoms. The number of anilines is 1. The molecule has 0 amide bonds. The normalized spacial score (nSPS) is 23.0. The summed E-state index contributed by atoms with van der Waals surface area (Å²) in [4.78, 5) is 0. The highest BCUT2D eigenvalue weighted by molar-refractivity contribution is 9.11. The highest BCUT2D eigenvalue weighted by Crippen LogP contribution is 2.46. The summed E-state index contributed by atoms with van der Waals surface area (Å²) in [7, 11) is 0. The van der Waals surface area contributed by atoms with Crippen LogP contribution in [-0.2, 0) is 0 Å². The number of allylic oxidation sites excluding steroid dienone is 2. The van der Waals surface area contributed by atoms with Gasteiger partial charge in [-0.05, 0) is 11.6 Å². The van der Waals surface area contributed by atoms with Crippen LogP contribution in [0.15, 0.2) is 63.5 Å². The number of nitrogens with one attached hydrogen (secondary N) is 1. The fourth-order valence-electron chi connectivity index (χ4n) is 3.46. The fraction of sp³-hybridized carbons (Fsp3) is 0.111. The molecule has 0 bridgehead atoms. The van der Waals surface area contributed by atoms with Crippen LogP contribution in [0.2, 0.25) is 0 Å². The first-order valence-electron chi connectivity index (χ1n) is 7.07. The molecule has 1 N–H and O–H groups in total. The Labute approximate surface area is 130 Å². The van der Waals surface area contributed by atoms with Gasteiger partial charge in [-0.25, -0.2) is 0 Å². The number of benzene rings is 2. The number of hydrogen-bond donors (Lipinski definition) is 1. The van der Waals surface area contributed by atoms with E-state index in [0.29, 0.717) is 12.0 Å². The van der Waals surface area contributed by atoms with Crippen molar-refractivity contribution in [2.24, 2.45) is 0 Å². The Hall–Kier alpha value is -2.00. The monoisotopic (exact) mass is 337 g/mol. The maximum atomic E-state index is 6.11. The van der Waals surface area contributed by atoms with Crippen LogP contribution in [0.3, 0.4) is 0 Å². The lowest BCUT2D eigenvalue weighted by Gasteiger charge is -2.17. The van der Waals surface area contributed by atoms with Crippen molar-refractivity contribution in [3.8, 4) is 0 Å². The van der Waals surface area contributed by atoms with Crippen LogP contribution in [0.4, 0.5) is 5.69 Å². The summed E-state index contributed by atoms with van der Waals surface area (Å²) >= 11 is 3.58. The lowest BCUT2D eigenvalue weighted by molar-refractivity contribution is 0.670. The predicted octanol–water partition coefficient (Wildman–Crippen LogP) is 5.31. The standard InChI is InChI=1S/C18H12BrNO/c19-10-5-8-15-14(9-10)12-6-7-13-11-3-1-2-4-16(11)21-18(13)17(12)20-15/h1-9,14-15,20H. The summed E-state index contributed by atoms with van der Waals surface area (Å²) < 4.78 is 7.25. The van der Waals surface area contributed by atoms with Crippen molar-refractivity contribution < 1.29 is 4.42 Å². The summed E-state index contributed by atoms with van der Waals surface area (Å²) in [5.41, 5.74) is 4.38. The van der Waals surface area contributed by atoms with Gasteiger partial charge < -0.3 is 9.73 Å². The molecule has 2 nitrogen and oxygen atoms in total. The summed E-state index contributed by atoms with van der Waals surface area (Å²) in [6.45, 7) is 0. The van der Waals surface area contributed by atoms with Crippen LogP contribution in [-0.4, -0.2) is 6.04 Å². The van der Waals surface area contributed by atoms with E-state index in [-0.39, 0.29) is 0 Å². The van der Waals surface area contributed by atoms with Crippen LogP contribution in [0, 0.1) is 0 Å². The first-order valence-corrected chi connectivity index (χ1v) is 7.87. The topological polar surface area (TPSA) is 25.2 Å². The molecule has 1 aliphatic carbocycles. The summed E-state index contributed by atoms with van der Waals surface area (Å²) in [5, 5.41) is 5.98. The Morgan fingerprint density at radius 3 is 2.90 bits per heavy atom. The van der Waals surface area contributed by atoms with Crippen molar-refractivity contribution in [1.29, 1.82) is 0 Å². The maximum Gasteiger partial charge on any atom is 0.158 e. The molecule has 2 aromatic carbocycles. The van der Waals surface area contributed by atoms with E-state index in [1.165, 1.54) is 16.3 Å². The Kier molecular flexibility index (Phi) is 2.22. The Bertz CT molecular complexity index is 950. The van der Waals surface area contributed by atoms with Gasteiger partial charge in [-0.1, -0.05) is 64.5 Å². The average Bonchev–Trinajstić information content (AvgIpc) is 3.05. The van der Waals surface area contributed by atoms with Gasteiger partial charge in [0.2, 0.25) is 0 Å². The molecule has 0 saturated heterocycles. The average molecular weight is 338 g/mol. The number of rotatable bonds is 0. The molecule has 0 saturated carbocycles. The SMILES string of the molecule is BrC1=CC2c3ccc4c(oc5ccccc54)c3NC2C=C1. The van der Waals surface area contributed by atoms with Gasteiger partial charge in [0, 0.05) is 21.2 Å². The van der Waals surface area contributed by atoms with Crippen LogP contribution < -0.4 is 5.32 Å². The number of fused-ring (bicyclic) bond motifs is 7. The molecule has 2 atom stereocenters. The molecular formula is C18H12BrNO. The molecule has 0 fully saturated rings. The molecular weight excluding hydrogens is 326 g/mol. The quantitative estimate of drug-likeness (QED) is 0.601. The van der Waals surface area contributed by atoms with E-state index >= 15 is 0 Å². The van der Waals surface area contributed by atoms with Crippen molar-refractivity contribution in [3.05, 3.63) is 64.7 Å². The van der Waals surface area contributed by atoms with Crippen LogP contribution in [0.5, 0.6) is 0 Å². The second-order valence-corrected chi connectivity index (χ2v) is 6.53. The van der Waals surface area contributed by atoms with Crippen molar-refractivity contribution >= 4 is 43.6 Å². The minimum Gasteiger partial charge on any atom is -0.454 e. The Balaban J connectivity index is 1.82. The molecule has 1 aromatic heterocycles. The lowest BCUT2D eigenvalue weighted by Crippen LogP contribution is -2.18. The van der Waals surface area contributed by atoms with E-state index in [2.05, 4.69) is 63.7 Å². The van der Waals surface area contributed by atoms with Gasteiger partial charge in [0.15, 0.2) is 5.58 Å². The third-order valence-corrected chi connectivity index (χ3v) is 4.97. The van der Waals surface area contributed by atoms with Gasteiger partial charge in [-0.2, -0.15) is 0 Å². The fourth-order valence-corrected chi connectivity index (χ4v) is 3.90. The zero-order valence-electron chi connectivity index (χ0n) is 11.1. The molecule has 0 radical (unpaired) electrons. The largest absolute Gasteiger partial charge is 0.454 e. The minimum absolute atomic E-state index is 0.320. The summed E-state index contributed by atoms with van der Waals surface area (Å²) in [6, 6.07) is 12.9. The second-order valence-electron chi connectivity index (χ2n) is 5.61. The van der Waals surface area contributed by atoms with E-state index in [4.69, 9.17) is 4.42 Å². The highest BCUT2D eigenvalue weighted by atomic mass is 79.9. The molecule has 3 aromatic rings. The third-order valence-electron chi connectivity index (χ3n) is 4.44. The second kappa shape index (κ2) is 4.01. The van der Waals surface area contributed by atoms with E-state index in [1.54, 1.807) is 0 Å². The molecule has 2 unspecified atom stereocenters. The minimum atomic E-state index is 0.320. The van der Waals surface area contributed by atoms with Crippen LogP contribution in [0.1, 0.15) is 11.5 Å². The third kappa shape index (κ3) is 1.52. The van der Waals surface area contributed by atoms with Gasteiger partial charge in [-0.3, -0.25) is 0 Å². The van der Waals surface area contributed by atoms with Gasteiger partial charge in [0.25, 0.3) is 0 Å². The molecule has 2 aliphatic rings. The van der Waals surface area contributed by atoms with E-state index < -0.39 is 0 Å². The molecule has 1 aliphatic heterocycles. The van der Waals surface area contributed by atoms with Gasteiger partial charge in [0.05, 0.1) is 11.7 Å². The highest BCUT2D eigenvalue weighted by Gasteiger charge is 2.33. The van der Waals surface area contributed by atoms with Gasteiger partial charge in [-0.15, -0.1) is 0 Å². The van der Waals surface area contributed by atoms with Gasteiger partial charge in [0.1, 0.15) is 5.58 Å². The maximum absolute atomic E-state index is 6.11. The molecule has 3 heteroatoms. The summed E-state index contributed by atoms with van der Waals surface area (Å²) in [5.74, 6) is 0.372. The zero-order valence-corrected chi connectivity index (χ0v) is 12.7. The van der Waals surface area contributed by atoms with Crippen molar-refractivity contribution in [2.45, 2.75) is 12.0 Å². The molecule has 2 heterocycles. The van der Waals surface area contributed by atoms with Crippen molar-refractivity contribution in [1.82, 2.24) is 0 Å². The number of halogens is 1. The van der Waals surface area contributed by atoms with Gasteiger partial charge >= 0.3 is 0 Å². The van der Waals surface area contributed by atoms with E-state index in [1.807, 2.05) is 12.1 Å². The Morgan fingerprint density at radius 1 is 1.05 bits per heavy atom. The molecule has 102 valence electrons. The van der Waals surface area contributed by atoms with Crippen LogP contribution >= 0.6 is 15.9 Å². The number of furan rings is 1. The van der Waals surface area contributed by atoms with E-state index in [0.717, 1.165) is 21.3 Å². The number of hydrogen-bond acceptors (Lipinski definition) is 2. The first kappa shape index (κ1) is 11.6. The van der Waals surface area contributed by atoms with Crippen molar-refractivity contribution in [3.63, 3.8) is 0 Å². The number of para-hydroxylation sites is 1. The zero-order chi connectivity index (χ0) is 14.0. The van der Waals surface area contributed by atoms with Crippen molar-refractivity contribution in [2.75, 3.05) is 5.32 Å². The smallest absolute Gasteiger partial charge is 0.158 e. The predicted molar refractivity (Wildman–Crippen MR) is 90.0 cm³/mol. The van der Waals surface area contributed by atoms with E-state index in [9.17, 15) is 0 Å². The lowest BCUT2D eigenvalue weighted by atomic mass is 9.91. The first-order chi connectivity index (χ1) is 10.3. The Morgan fingerprint density at radius 2 is 1.95 bits per heavy atom. The molecule has 21 heavy (non-hydrogen) atoms.